The van der Waals surface area contributed by atoms with E-state index in [0.717, 1.165) is 32.5 Å². The van der Waals surface area contributed by atoms with Crippen molar-refractivity contribution >= 4 is 5.91 Å². The van der Waals surface area contributed by atoms with Gasteiger partial charge < -0.3 is 14.7 Å². The molecule has 0 atom stereocenters. The van der Waals surface area contributed by atoms with Gasteiger partial charge in [0.2, 0.25) is 0 Å². The van der Waals surface area contributed by atoms with Crippen molar-refractivity contribution < 1.29 is 9.32 Å². The summed E-state index contributed by atoms with van der Waals surface area (Å²) in [5.41, 5.74) is 0.449. The molecule has 0 aromatic carbocycles. The van der Waals surface area contributed by atoms with Crippen LogP contribution < -0.4 is 5.32 Å². The molecule has 1 aromatic rings. The van der Waals surface area contributed by atoms with Gasteiger partial charge in [0.05, 0.1) is 5.54 Å². The van der Waals surface area contributed by atoms with Gasteiger partial charge in [-0.3, -0.25) is 4.79 Å². The number of aryl methyl sites for hydroxylation is 1. The highest BCUT2D eigenvalue weighted by molar-refractivity contribution is 5.93. The SMILES string of the molecule is Cc1cc(C(=O)N2CCNCC23CCCCC3)no1. The standard InChI is InChI=1S/C14H21N3O2/c1-11-9-12(16-19-11)13(18)17-8-7-15-10-14(17)5-3-2-4-6-14/h9,15H,2-8,10H2,1H3. The smallest absolute Gasteiger partial charge is 0.276 e. The molecule has 104 valence electrons. The minimum atomic E-state index is 0.000435. The molecule has 2 heterocycles. The molecule has 1 aromatic heterocycles. The van der Waals surface area contributed by atoms with E-state index < -0.39 is 0 Å². The van der Waals surface area contributed by atoms with Crippen LogP contribution in [-0.2, 0) is 0 Å². The van der Waals surface area contributed by atoms with E-state index >= 15 is 0 Å². The van der Waals surface area contributed by atoms with Gasteiger partial charge in [-0.2, -0.15) is 0 Å². The van der Waals surface area contributed by atoms with Gasteiger partial charge in [-0.25, -0.2) is 0 Å². The van der Waals surface area contributed by atoms with Crippen molar-refractivity contribution in [2.45, 2.75) is 44.6 Å². The lowest BCUT2D eigenvalue weighted by molar-refractivity contribution is 0.0214. The van der Waals surface area contributed by atoms with Gasteiger partial charge in [-0.05, 0) is 19.8 Å². The first-order valence-electron chi connectivity index (χ1n) is 7.17. The molecule has 19 heavy (non-hydrogen) atoms. The van der Waals surface area contributed by atoms with Crippen molar-refractivity contribution in [3.63, 3.8) is 0 Å². The van der Waals surface area contributed by atoms with Crippen molar-refractivity contribution in [3.8, 4) is 0 Å². The lowest BCUT2D eigenvalue weighted by Gasteiger charge is -2.49. The summed E-state index contributed by atoms with van der Waals surface area (Å²) in [5, 5.41) is 7.33. The van der Waals surface area contributed by atoms with Crippen molar-refractivity contribution in [2.75, 3.05) is 19.6 Å². The van der Waals surface area contributed by atoms with E-state index in [1.165, 1.54) is 19.3 Å². The van der Waals surface area contributed by atoms with Gasteiger partial charge >= 0.3 is 0 Å². The van der Waals surface area contributed by atoms with Crippen LogP contribution in [-0.4, -0.2) is 41.1 Å². The Morgan fingerprint density at radius 3 is 2.89 bits per heavy atom. The molecular formula is C14H21N3O2. The number of carbonyl (C=O) groups excluding carboxylic acids is 1. The molecule has 1 aliphatic heterocycles. The first kappa shape index (κ1) is 12.7. The summed E-state index contributed by atoms with van der Waals surface area (Å²) in [6.45, 7) is 4.36. The van der Waals surface area contributed by atoms with Crippen LogP contribution in [0.5, 0.6) is 0 Å². The molecule has 1 N–H and O–H groups in total. The molecule has 0 bridgehead atoms. The molecule has 3 rings (SSSR count). The molecule has 1 saturated heterocycles. The third-order valence-electron chi connectivity index (χ3n) is 4.42. The summed E-state index contributed by atoms with van der Waals surface area (Å²) in [7, 11) is 0. The third kappa shape index (κ3) is 2.27. The highest BCUT2D eigenvalue weighted by Gasteiger charge is 2.43. The number of amides is 1. The Bertz CT molecular complexity index is 455. The molecule has 1 saturated carbocycles. The molecule has 1 spiro atoms. The second kappa shape index (κ2) is 4.96. The zero-order chi connectivity index (χ0) is 13.3. The van der Waals surface area contributed by atoms with Crippen LogP contribution in [0.1, 0.15) is 48.4 Å². The van der Waals surface area contributed by atoms with Crippen LogP contribution in [0.15, 0.2) is 10.6 Å². The van der Waals surface area contributed by atoms with Crippen LogP contribution in [0, 0.1) is 6.92 Å². The van der Waals surface area contributed by atoms with Gasteiger partial charge in [0.25, 0.3) is 5.91 Å². The molecule has 2 fully saturated rings. The van der Waals surface area contributed by atoms with Crippen LogP contribution in [0.4, 0.5) is 0 Å². The lowest BCUT2D eigenvalue weighted by Crippen LogP contribution is -2.63. The van der Waals surface area contributed by atoms with Gasteiger partial charge in [-0.1, -0.05) is 24.4 Å². The lowest BCUT2D eigenvalue weighted by atomic mass is 9.79. The molecule has 5 heteroatoms. The van der Waals surface area contributed by atoms with E-state index in [2.05, 4.69) is 10.5 Å². The van der Waals surface area contributed by atoms with Crippen molar-refractivity contribution in [1.29, 1.82) is 0 Å². The fourth-order valence-corrected chi connectivity index (χ4v) is 3.42. The predicted octanol–water partition coefficient (Wildman–Crippen LogP) is 1.73. The van der Waals surface area contributed by atoms with E-state index in [-0.39, 0.29) is 11.4 Å². The van der Waals surface area contributed by atoms with E-state index in [1.807, 2.05) is 11.8 Å². The minimum Gasteiger partial charge on any atom is -0.361 e. The van der Waals surface area contributed by atoms with Crippen LogP contribution in [0.2, 0.25) is 0 Å². The summed E-state index contributed by atoms with van der Waals surface area (Å²) < 4.78 is 5.04. The van der Waals surface area contributed by atoms with Gasteiger partial charge in [0.1, 0.15) is 5.76 Å². The monoisotopic (exact) mass is 263 g/mol. The van der Waals surface area contributed by atoms with Crippen molar-refractivity contribution in [1.82, 2.24) is 15.4 Å². The zero-order valence-corrected chi connectivity index (χ0v) is 11.4. The average molecular weight is 263 g/mol. The Morgan fingerprint density at radius 1 is 1.42 bits per heavy atom. The van der Waals surface area contributed by atoms with Gasteiger partial charge in [-0.15, -0.1) is 0 Å². The maximum atomic E-state index is 12.7. The molecule has 0 radical (unpaired) electrons. The largest absolute Gasteiger partial charge is 0.361 e. The van der Waals surface area contributed by atoms with Gasteiger partial charge in [0.15, 0.2) is 5.69 Å². The number of piperazine rings is 1. The normalized spacial score (nSPS) is 22.7. The summed E-state index contributed by atoms with van der Waals surface area (Å²) in [6.07, 6.45) is 5.91. The van der Waals surface area contributed by atoms with Gasteiger partial charge in [0, 0.05) is 25.7 Å². The van der Waals surface area contributed by atoms with Crippen molar-refractivity contribution in [3.05, 3.63) is 17.5 Å². The second-order valence-electron chi connectivity index (χ2n) is 5.74. The quantitative estimate of drug-likeness (QED) is 0.838. The highest BCUT2D eigenvalue weighted by atomic mass is 16.5. The number of hydrogen-bond donors (Lipinski definition) is 1. The number of hydrogen-bond acceptors (Lipinski definition) is 4. The molecule has 1 amide bonds. The number of nitrogens with one attached hydrogen (secondary N) is 1. The van der Waals surface area contributed by atoms with Crippen LogP contribution in [0.3, 0.4) is 0 Å². The number of rotatable bonds is 1. The Balaban J connectivity index is 1.85. The number of carbonyl (C=O) groups is 1. The summed E-state index contributed by atoms with van der Waals surface area (Å²) in [5.74, 6) is 0.719. The number of aromatic nitrogens is 1. The van der Waals surface area contributed by atoms with E-state index in [9.17, 15) is 4.79 Å². The maximum Gasteiger partial charge on any atom is 0.276 e. The summed E-state index contributed by atoms with van der Waals surface area (Å²) in [4.78, 5) is 14.7. The van der Waals surface area contributed by atoms with E-state index in [1.54, 1.807) is 6.07 Å². The first-order valence-corrected chi connectivity index (χ1v) is 7.17. The summed E-state index contributed by atoms with van der Waals surface area (Å²) in [6, 6.07) is 1.74. The maximum absolute atomic E-state index is 12.7. The fourth-order valence-electron chi connectivity index (χ4n) is 3.42. The van der Waals surface area contributed by atoms with E-state index in [0.29, 0.717) is 11.5 Å². The predicted molar refractivity (Wildman–Crippen MR) is 71.0 cm³/mol. The Morgan fingerprint density at radius 2 is 2.21 bits per heavy atom. The fraction of sp³-hybridized carbons (Fsp3) is 0.714. The Labute approximate surface area is 113 Å². The molecule has 2 aliphatic rings. The summed E-state index contributed by atoms with van der Waals surface area (Å²) >= 11 is 0. The zero-order valence-electron chi connectivity index (χ0n) is 11.4. The average Bonchev–Trinajstić information content (AvgIpc) is 2.86. The Kier molecular flexibility index (Phi) is 3.31. The van der Waals surface area contributed by atoms with Crippen LogP contribution >= 0.6 is 0 Å². The Hall–Kier alpha value is -1.36. The highest BCUT2D eigenvalue weighted by Crippen LogP contribution is 2.35. The number of nitrogens with zero attached hydrogens (tertiary/aromatic N) is 2. The second-order valence-corrected chi connectivity index (χ2v) is 5.74. The topological polar surface area (TPSA) is 58.4 Å². The molecule has 0 unspecified atom stereocenters. The minimum absolute atomic E-state index is 0.000435. The molecular weight excluding hydrogens is 242 g/mol. The van der Waals surface area contributed by atoms with Crippen LogP contribution in [0.25, 0.3) is 0 Å². The van der Waals surface area contributed by atoms with E-state index in [4.69, 9.17) is 4.52 Å². The molecule has 5 nitrogen and oxygen atoms in total. The molecule has 1 aliphatic carbocycles. The first-order chi connectivity index (χ1) is 9.21. The third-order valence-corrected chi connectivity index (χ3v) is 4.42. The van der Waals surface area contributed by atoms with Crippen molar-refractivity contribution in [2.24, 2.45) is 0 Å².